The van der Waals surface area contributed by atoms with E-state index in [0.717, 1.165) is 15.4 Å². The third-order valence-corrected chi connectivity index (χ3v) is 8.71. The van der Waals surface area contributed by atoms with Crippen molar-refractivity contribution in [2.24, 2.45) is 5.92 Å². The van der Waals surface area contributed by atoms with E-state index in [1.165, 1.54) is 32.1 Å². The normalized spacial score (nSPS) is 24.1. The fraction of sp³-hybridized carbons (Fsp3) is 0.423. The van der Waals surface area contributed by atoms with Crippen LogP contribution in [0, 0.1) is 36.0 Å². The van der Waals surface area contributed by atoms with E-state index >= 15 is 0 Å². The molecule has 0 radical (unpaired) electrons. The van der Waals surface area contributed by atoms with Crippen LogP contribution in [-0.4, -0.2) is 36.5 Å². The molecular weight excluding hydrogens is 420 g/mol. The number of sulfonamides is 1. The Balaban J connectivity index is 1.56. The van der Waals surface area contributed by atoms with Crippen molar-refractivity contribution in [3.05, 3.63) is 65.2 Å². The zero-order valence-corrected chi connectivity index (χ0v) is 19.1. The molecule has 6 heteroatoms. The maximum absolute atomic E-state index is 13.3. The summed E-state index contributed by atoms with van der Waals surface area (Å²) in [5.41, 5.74) is 2.37. The van der Waals surface area contributed by atoms with Crippen LogP contribution in [0.25, 0.3) is 0 Å². The monoisotopic (exact) mass is 448 g/mol. The van der Waals surface area contributed by atoms with Crippen molar-refractivity contribution < 1.29 is 13.5 Å². The first kappa shape index (κ1) is 22.6. The number of nitrogens with zero attached hydrogens (tertiary/aromatic N) is 2. The maximum atomic E-state index is 13.3. The van der Waals surface area contributed by atoms with Crippen molar-refractivity contribution in [3.8, 4) is 17.9 Å². The van der Waals surface area contributed by atoms with Gasteiger partial charge in [0, 0.05) is 17.4 Å². The Morgan fingerprint density at radius 2 is 1.75 bits per heavy atom. The van der Waals surface area contributed by atoms with Crippen LogP contribution in [0.2, 0.25) is 0 Å². The Bertz CT molecular complexity index is 1170. The lowest BCUT2D eigenvalue weighted by atomic mass is 9.78. The highest BCUT2D eigenvalue weighted by Gasteiger charge is 2.55. The van der Waals surface area contributed by atoms with Crippen molar-refractivity contribution in [2.75, 3.05) is 6.61 Å². The van der Waals surface area contributed by atoms with E-state index in [0.29, 0.717) is 11.5 Å². The minimum atomic E-state index is -3.90. The fourth-order valence-corrected chi connectivity index (χ4v) is 6.86. The highest BCUT2D eigenvalue weighted by atomic mass is 32.2. The summed E-state index contributed by atoms with van der Waals surface area (Å²) in [6.07, 6.45) is 6.14. The molecule has 32 heavy (non-hydrogen) atoms. The van der Waals surface area contributed by atoms with E-state index in [-0.39, 0.29) is 17.4 Å². The van der Waals surface area contributed by atoms with Crippen molar-refractivity contribution >= 4 is 10.0 Å². The summed E-state index contributed by atoms with van der Waals surface area (Å²) in [6.45, 7) is 1.38. The smallest absolute Gasteiger partial charge is 0.244 e. The van der Waals surface area contributed by atoms with E-state index in [2.05, 4.69) is 17.9 Å². The molecule has 1 aliphatic heterocycles. The predicted octanol–water partition coefficient (Wildman–Crippen LogP) is 3.97. The molecule has 2 fully saturated rings. The summed E-state index contributed by atoms with van der Waals surface area (Å²) >= 11 is 0. The summed E-state index contributed by atoms with van der Waals surface area (Å²) in [5.74, 6) is 6.72. The van der Waals surface area contributed by atoms with Gasteiger partial charge in [-0.3, -0.25) is 0 Å². The molecular formula is C26H28N2O3S. The molecule has 0 aromatic heterocycles. The largest absolute Gasteiger partial charge is 0.395 e. The molecule has 1 heterocycles. The molecule has 5 nitrogen and oxygen atoms in total. The van der Waals surface area contributed by atoms with Crippen LogP contribution < -0.4 is 0 Å². The van der Waals surface area contributed by atoms with Crippen LogP contribution in [-0.2, 0) is 10.0 Å². The SMILES string of the molecule is Cc1ccccc1S(=O)(=O)N1[C@H](C#N)[C@H](c2ccc(C#CC3CCCCC3)cc2)[C@@H]1CO. The molecule has 0 bridgehead atoms. The topological polar surface area (TPSA) is 81.4 Å². The summed E-state index contributed by atoms with van der Waals surface area (Å²) < 4.78 is 27.7. The number of aliphatic hydroxyl groups excluding tert-OH is 1. The Morgan fingerprint density at radius 3 is 2.38 bits per heavy atom. The van der Waals surface area contributed by atoms with Crippen molar-refractivity contribution in [1.29, 1.82) is 5.26 Å². The number of nitriles is 1. The van der Waals surface area contributed by atoms with E-state index in [1.807, 2.05) is 24.3 Å². The Kier molecular flexibility index (Phi) is 6.67. The number of aryl methyl sites for hydroxylation is 1. The number of rotatable bonds is 4. The number of hydrogen-bond donors (Lipinski definition) is 1. The van der Waals surface area contributed by atoms with Crippen LogP contribution in [0.4, 0.5) is 0 Å². The highest BCUT2D eigenvalue weighted by Crippen LogP contribution is 2.44. The number of hydrogen-bond acceptors (Lipinski definition) is 4. The first-order valence-corrected chi connectivity index (χ1v) is 12.6. The van der Waals surface area contributed by atoms with Gasteiger partial charge in [0.25, 0.3) is 0 Å². The van der Waals surface area contributed by atoms with Crippen LogP contribution in [0.5, 0.6) is 0 Å². The molecule has 1 aliphatic carbocycles. The second-order valence-corrected chi connectivity index (χ2v) is 10.5. The Labute approximate surface area is 190 Å². The second-order valence-electron chi connectivity index (χ2n) is 8.68. The minimum absolute atomic E-state index is 0.172. The highest BCUT2D eigenvalue weighted by molar-refractivity contribution is 7.89. The zero-order valence-electron chi connectivity index (χ0n) is 18.2. The third-order valence-electron chi connectivity index (χ3n) is 6.65. The van der Waals surface area contributed by atoms with Gasteiger partial charge in [-0.05, 0) is 49.1 Å². The third kappa shape index (κ3) is 4.19. The molecule has 3 atom stereocenters. The van der Waals surface area contributed by atoms with Crippen LogP contribution in [0.3, 0.4) is 0 Å². The predicted molar refractivity (Wildman–Crippen MR) is 123 cm³/mol. The lowest BCUT2D eigenvalue weighted by Gasteiger charge is -2.50. The molecule has 0 amide bonds. The first-order chi connectivity index (χ1) is 15.5. The standard InChI is InChI=1S/C26H28N2O3S/c1-19-7-5-6-10-25(19)32(30,31)28-23(17-27)26(24(28)18-29)22-15-13-21(14-16-22)12-11-20-8-3-2-4-9-20/h5-7,10,13-16,20,23-24,26,29H,2-4,8-9,18H2,1H3/t23-,24+,26+/m1/s1. The molecule has 1 saturated heterocycles. The van der Waals surface area contributed by atoms with Gasteiger partial charge in [-0.25, -0.2) is 8.42 Å². The van der Waals surface area contributed by atoms with Gasteiger partial charge < -0.3 is 5.11 Å². The molecule has 2 aliphatic rings. The van der Waals surface area contributed by atoms with Crippen LogP contribution in [0.15, 0.2) is 53.4 Å². The Hall–Kier alpha value is -2.64. The summed E-state index contributed by atoms with van der Waals surface area (Å²) in [5, 5.41) is 19.8. The van der Waals surface area contributed by atoms with Gasteiger partial charge in [-0.15, -0.1) is 0 Å². The average Bonchev–Trinajstić information content (AvgIpc) is 2.79. The molecule has 0 unspecified atom stereocenters. The van der Waals surface area contributed by atoms with Gasteiger partial charge in [0.15, 0.2) is 0 Å². The second kappa shape index (κ2) is 9.46. The van der Waals surface area contributed by atoms with Gasteiger partial charge in [-0.2, -0.15) is 9.57 Å². The van der Waals surface area contributed by atoms with Gasteiger partial charge in [0.05, 0.1) is 23.6 Å². The van der Waals surface area contributed by atoms with Crippen LogP contribution >= 0.6 is 0 Å². The molecule has 2 aromatic rings. The van der Waals surface area contributed by atoms with Gasteiger partial charge in [0.1, 0.15) is 6.04 Å². The van der Waals surface area contributed by atoms with Gasteiger partial charge in [-0.1, -0.05) is 61.4 Å². The average molecular weight is 449 g/mol. The fourth-order valence-electron chi connectivity index (χ4n) is 4.88. The quantitative estimate of drug-likeness (QED) is 0.718. The summed E-state index contributed by atoms with van der Waals surface area (Å²) in [4.78, 5) is 0.172. The maximum Gasteiger partial charge on any atom is 0.244 e. The summed E-state index contributed by atoms with van der Waals surface area (Å²) in [6, 6.07) is 15.0. The van der Waals surface area contributed by atoms with E-state index < -0.39 is 22.1 Å². The molecule has 1 saturated carbocycles. The van der Waals surface area contributed by atoms with Crippen molar-refractivity contribution in [3.63, 3.8) is 0 Å². The first-order valence-electron chi connectivity index (χ1n) is 11.2. The van der Waals surface area contributed by atoms with E-state index in [1.54, 1.807) is 31.2 Å². The lowest BCUT2D eigenvalue weighted by molar-refractivity contribution is 0.0556. The zero-order chi connectivity index (χ0) is 22.7. The van der Waals surface area contributed by atoms with E-state index in [4.69, 9.17) is 0 Å². The van der Waals surface area contributed by atoms with E-state index in [9.17, 15) is 18.8 Å². The molecule has 1 N–H and O–H groups in total. The number of aliphatic hydroxyl groups is 1. The molecule has 0 spiro atoms. The lowest BCUT2D eigenvalue weighted by Crippen LogP contribution is -2.65. The minimum Gasteiger partial charge on any atom is -0.395 e. The Morgan fingerprint density at radius 1 is 1.06 bits per heavy atom. The molecule has 166 valence electrons. The van der Waals surface area contributed by atoms with Crippen molar-refractivity contribution in [2.45, 2.75) is 61.9 Å². The van der Waals surface area contributed by atoms with Gasteiger partial charge >= 0.3 is 0 Å². The van der Waals surface area contributed by atoms with Gasteiger partial charge in [0.2, 0.25) is 10.0 Å². The van der Waals surface area contributed by atoms with Crippen molar-refractivity contribution in [1.82, 2.24) is 4.31 Å². The molecule has 4 rings (SSSR count). The van der Waals surface area contributed by atoms with Crippen LogP contribution in [0.1, 0.15) is 54.7 Å². The molecule has 2 aromatic carbocycles. The summed E-state index contributed by atoms with van der Waals surface area (Å²) in [7, 11) is -3.90. The number of benzene rings is 2.